The average molecular weight is 235 g/mol. The standard InChI is InChI=1S/C10H9N3O2S/c1-11-10-12-6-9(16-10)7-2-4-8(5-3-7)13(14)15/h2-6H,1H3,(H,11,12). The van der Waals surface area contributed by atoms with Gasteiger partial charge in [-0.1, -0.05) is 11.3 Å². The highest BCUT2D eigenvalue weighted by atomic mass is 32.1. The zero-order valence-corrected chi connectivity index (χ0v) is 9.32. The van der Waals surface area contributed by atoms with Gasteiger partial charge in [0.15, 0.2) is 5.13 Å². The van der Waals surface area contributed by atoms with Gasteiger partial charge in [0, 0.05) is 25.4 Å². The molecule has 0 spiro atoms. The van der Waals surface area contributed by atoms with Crippen LogP contribution in [0.1, 0.15) is 0 Å². The summed E-state index contributed by atoms with van der Waals surface area (Å²) in [5.74, 6) is 0. The van der Waals surface area contributed by atoms with E-state index in [9.17, 15) is 10.1 Å². The molecule has 0 aliphatic rings. The van der Waals surface area contributed by atoms with Crippen molar-refractivity contribution in [1.29, 1.82) is 0 Å². The summed E-state index contributed by atoms with van der Waals surface area (Å²) in [6.07, 6.45) is 1.75. The lowest BCUT2D eigenvalue weighted by Crippen LogP contribution is -1.86. The van der Waals surface area contributed by atoms with Crippen molar-refractivity contribution >= 4 is 22.2 Å². The average Bonchev–Trinajstić information content (AvgIpc) is 2.77. The minimum absolute atomic E-state index is 0.0992. The van der Waals surface area contributed by atoms with Crippen molar-refractivity contribution in [3.8, 4) is 10.4 Å². The maximum atomic E-state index is 10.5. The first-order valence-electron chi connectivity index (χ1n) is 4.59. The Morgan fingerprint density at radius 1 is 1.38 bits per heavy atom. The van der Waals surface area contributed by atoms with Crippen molar-refractivity contribution in [2.45, 2.75) is 0 Å². The maximum absolute atomic E-state index is 10.5. The molecule has 0 fully saturated rings. The summed E-state index contributed by atoms with van der Waals surface area (Å²) in [4.78, 5) is 15.2. The Morgan fingerprint density at radius 2 is 2.06 bits per heavy atom. The third-order valence-corrected chi connectivity index (χ3v) is 3.15. The first-order chi connectivity index (χ1) is 7.70. The number of non-ortho nitro benzene ring substituents is 1. The van der Waals surface area contributed by atoms with Crippen LogP contribution < -0.4 is 5.32 Å². The molecule has 6 heteroatoms. The minimum Gasteiger partial charge on any atom is -0.365 e. The van der Waals surface area contributed by atoms with E-state index in [1.54, 1.807) is 25.4 Å². The molecular formula is C10H9N3O2S. The molecular weight excluding hydrogens is 226 g/mol. The molecule has 0 bridgehead atoms. The molecule has 1 N–H and O–H groups in total. The molecule has 5 nitrogen and oxygen atoms in total. The molecule has 0 amide bonds. The van der Waals surface area contributed by atoms with Gasteiger partial charge in [0.05, 0.1) is 9.80 Å². The second kappa shape index (κ2) is 4.28. The van der Waals surface area contributed by atoms with Crippen LogP contribution in [-0.2, 0) is 0 Å². The van der Waals surface area contributed by atoms with E-state index in [4.69, 9.17) is 0 Å². The lowest BCUT2D eigenvalue weighted by atomic mass is 10.2. The van der Waals surface area contributed by atoms with Crippen molar-refractivity contribution in [1.82, 2.24) is 4.98 Å². The first kappa shape index (κ1) is 10.6. The van der Waals surface area contributed by atoms with E-state index in [2.05, 4.69) is 10.3 Å². The van der Waals surface area contributed by atoms with Gasteiger partial charge in [-0.2, -0.15) is 0 Å². The number of nitro groups is 1. The Bertz CT molecular complexity index is 507. The van der Waals surface area contributed by atoms with Gasteiger partial charge in [0.1, 0.15) is 0 Å². The summed E-state index contributed by atoms with van der Waals surface area (Å²) < 4.78 is 0. The molecule has 0 aliphatic heterocycles. The maximum Gasteiger partial charge on any atom is 0.269 e. The fourth-order valence-electron chi connectivity index (χ4n) is 1.27. The van der Waals surface area contributed by atoms with E-state index in [0.29, 0.717) is 0 Å². The van der Waals surface area contributed by atoms with Gasteiger partial charge in [0.2, 0.25) is 0 Å². The van der Waals surface area contributed by atoms with E-state index < -0.39 is 4.92 Å². The minimum atomic E-state index is -0.407. The van der Waals surface area contributed by atoms with Crippen LogP contribution in [0.4, 0.5) is 10.8 Å². The molecule has 0 atom stereocenters. The van der Waals surface area contributed by atoms with Gasteiger partial charge in [-0.3, -0.25) is 10.1 Å². The fourth-order valence-corrected chi connectivity index (χ4v) is 2.05. The molecule has 0 saturated heterocycles. The largest absolute Gasteiger partial charge is 0.365 e. The first-order valence-corrected chi connectivity index (χ1v) is 5.41. The zero-order chi connectivity index (χ0) is 11.5. The molecule has 0 saturated carbocycles. The molecule has 1 heterocycles. The van der Waals surface area contributed by atoms with Crippen LogP contribution in [-0.4, -0.2) is 17.0 Å². The number of nitrogens with one attached hydrogen (secondary N) is 1. The molecule has 82 valence electrons. The molecule has 2 rings (SSSR count). The topological polar surface area (TPSA) is 68.1 Å². The van der Waals surface area contributed by atoms with E-state index in [0.717, 1.165) is 15.6 Å². The zero-order valence-electron chi connectivity index (χ0n) is 8.51. The van der Waals surface area contributed by atoms with E-state index in [-0.39, 0.29) is 5.69 Å². The summed E-state index contributed by atoms with van der Waals surface area (Å²) in [5.41, 5.74) is 1.03. The molecule has 1 aromatic heterocycles. The number of nitrogens with zero attached hydrogens (tertiary/aromatic N) is 2. The van der Waals surface area contributed by atoms with Gasteiger partial charge < -0.3 is 5.32 Å². The van der Waals surface area contributed by atoms with Gasteiger partial charge in [-0.25, -0.2) is 4.98 Å². The Balaban J connectivity index is 2.30. The van der Waals surface area contributed by atoms with E-state index in [1.165, 1.54) is 23.5 Å². The second-order valence-corrected chi connectivity index (χ2v) is 4.11. The summed E-state index contributed by atoms with van der Waals surface area (Å²) in [6.45, 7) is 0. The van der Waals surface area contributed by atoms with Crippen LogP contribution >= 0.6 is 11.3 Å². The quantitative estimate of drug-likeness (QED) is 0.656. The van der Waals surface area contributed by atoms with Crippen molar-refractivity contribution in [2.75, 3.05) is 12.4 Å². The summed E-state index contributed by atoms with van der Waals surface area (Å²) in [6, 6.07) is 6.44. The Labute approximate surface area is 95.9 Å². The van der Waals surface area contributed by atoms with Crippen LogP contribution in [0, 0.1) is 10.1 Å². The number of benzene rings is 1. The van der Waals surface area contributed by atoms with Crippen LogP contribution in [0.5, 0.6) is 0 Å². The Morgan fingerprint density at radius 3 is 2.56 bits per heavy atom. The Hall–Kier alpha value is -1.95. The highest BCUT2D eigenvalue weighted by Gasteiger charge is 2.07. The lowest BCUT2D eigenvalue weighted by molar-refractivity contribution is -0.384. The van der Waals surface area contributed by atoms with Crippen molar-refractivity contribution < 1.29 is 4.92 Å². The molecule has 16 heavy (non-hydrogen) atoms. The number of thiazole rings is 1. The third-order valence-electron chi connectivity index (χ3n) is 2.08. The predicted octanol–water partition coefficient (Wildman–Crippen LogP) is 2.76. The number of rotatable bonds is 3. The molecule has 1 aromatic carbocycles. The molecule has 0 aliphatic carbocycles. The summed E-state index contributed by atoms with van der Waals surface area (Å²) in [5, 5.41) is 14.3. The predicted molar refractivity (Wildman–Crippen MR) is 63.8 cm³/mol. The van der Waals surface area contributed by atoms with Gasteiger partial charge in [-0.15, -0.1) is 0 Å². The summed E-state index contributed by atoms with van der Waals surface area (Å²) in [7, 11) is 1.80. The monoisotopic (exact) mass is 235 g/mol. The molecule has 0 radical (unpaired) electrons. The summed E-state index contributed by atoms with van der Waals surface area (Å²) >= 11 is 1.51. The van der Waals surface area contributed by atoms with Crippen molar-refractivity contribution in [3.63, 3.8) is 0 Å². The SMILES string of the molecule is CNc1ncc(-c2ccc([N+](=O)[O-])cc2)s1. The van der Waals surface area contributed by atoms with Crippen LogP contribution in [0.25, 0.3) is 10.4 Å². The van der Waals surface area contributed by atoms with E-state index in [1.807, 2.05) is 0 Å². The van der Waals surface area contributed by atoms with Crippen molar-refractivity contribution in [3.05, 3.63) is 40.6 Å². The third kappa shape index (κ3) is 2.01. The number of hydrogen-bond acceptors (Lipinski definition) is 5. The van der Waals surface area contributed by atoms with Gasteiger partial charge in [0.25, 0.3) is 5.69 Å². The van der Waals surface area contributed by atoms with Crippen LogP contribution in [0.15, 0.2) is 30.5 Å². The number of aromatic nitrogens is 1. The molecule has 2 aromatic rings. The normalized spacial score (nSPS) is 10.1. The highest BCUT2D eigenvalue weighted by molar-refractivity contribution is 7.18. The van der Waals surface area contributed by atoms with E-state index >= 15 is 0 Å². The lowest BCUT2D eigenvalue weighted by Gasteiger charge is -1.95. The van der Waals surface area contributed by atoms with Gasteiger partial charge in [-0.05, 0) is 17.7 Å². The fraction of sp³-hybridized carbons (Fsp3) is 0.100. The number of anilines is 1. The van der Waals surface area contributed by atoms with Crippen LogP contribution in [0.2, 0.25) is 0 Å². The second-order valence-electron chi connectivity index (χ2n) is 3.08. The number of nitro benzene ring substituents is 1. The van der Waals surface area contributed by atoms with Gasteiger partial charge >= 0.3 is 0 Å². The Kier molecular flexibility index (Phi) is 2.82. The number of hydrogen-bond donors (Lipinski definition) is 1. The van der Waals surface area contributed by atoms with Crippen molar-refractivity contribution in [2.24, 2.45) is 0 Å². The smallest absolute Gasteiger partial charge is 0.269 e. The highest BCUT2D eigenvalue weighted by Crippen LogP contribution is 2.29. The molecule has 0 unspecified atom stereocenters. The van der Waals surface area contributed by atoms with Crippen LogP contribution in [0.3, 0.4) is 0 Å².